The largest absolute Gasteiger partial charge is 0.422 e. The number of amides is 1. The van der Waals surface area contributed by atoms with E-state index >= 15 is 0 Å². The summed E-state index contributed by atoms with van der Waals surface area (Å²) in [6.07, 6.45) is 1.60. The summed E-state index contributed by atoms with van der Waals surface area (Å²) < 4.78 is 7.17. The molecule has 0 bridgehead atoms. The lowest BCUT2D eigenvalue weighted by molar-refractivity contribution is 0.0994. The molecular weight excluding hydrogens is 403 g/mol. The van der Waals surface area contributed by atoms with Crippen LogP contribution >= 0.6 is 23.2 Å². The van der Waals surface area contributed by atoms with Gasteiger partial charge in [0.15, 0.2) is 5.75 Å². The van der Waals surface area contributed by atoms with Crippen LogP contribution in [0.3, 0.4) is 0 Å². The number of aromatic nitrogens is 3. The van der Waals surface area contributed by atoms with Crippen molar-refractivity contribution in [3.63, 3.8) is 0 Å². The Morgan fingerprint density at radius 3 is 2.43 bits per heavy atom. The molecule has 0 spiro atoms. The highest BCUT2D eigenvalue weighted by atomic mass is 35.5. The number of nitrogens with zero attached hydrogens (tertiary/aromatic N) is 3. The number of benzene rings is 1. The van der Waals surface area contributed by atoms with E-state index in [-0.39, 0.29) is 22.3 Å². The van der Waals surface area contributed by atoms with Crippen LogP contribution in [-0.4, -0.2) is 20.4 Å². The van der Waals surface area contributed by atoms with Gasteiger partial charge in [0.25, 0.3) is 11.5 Å². The van der Waals surface area contributed by atoms with Crippen molar-refractivity contribution in [2.75, 3.05) is 0 Å². The van der Waals surface area contributed by atoms with E-state index in [0.29, 0.717) is 33.2 Å². The Labute approximate surface area is 170 Å². The average molecular weight is 419 g/mol. The molecule has 0 saturated heterocycles. The zero-order chi connectivity index (χ0) is 20.6. The molecule has 3 rings (SSSR count). The van der Waals surface area contributed by atoms with E-state index in [1.807, 2.05) is 0 Å². The molecular formula is C19H16Cl2N4O3. The Balaban J connectivity index is 2.14. The second-order valence-electron chi connectivity index (χ2n) is 6.25. The number of hydrogen-bond donors (Lipinski definition) is 1. The van der Waals surface area contributed by atoms with E-state index in [1.165, 1.54) is 16.7 Å². The highest BCUT2D eigenvalue weighted by molar-refractivity contribution is 6.35. The van der Waals surface area contributed by atoms with Gasteiger partial charge in [-0.3, -0.25) is 9.59 Å². The Kier molecular flexibility index (Phi) is 5.40. The van der Waals surface area contributed by atoms with Crippen molar-refractivity contribution in [1.82, 2.24) is 14.5 Å². The minimum atomic E-state index is -0.742. The fourth-order valence-electron chi connectivity index (χ4n) is 2.67. The zero-order valence-corrected chi connectivity index (χ0v) is 16.8. The van der Waals surface area contributed by atoms with Crippen LogP contribution in [0.1, 0.15) is 21.6 Å². The maximum atomic E-state index is 11.9. The van der Waals surface area contributed by atoms with Gasteiger partial charge in [0.1, 0.15) is 5.69 Å². The summed E-state index contributed by atoms with van der Waals surface area (Å²) >= 11 is 12.2. The highest BCUT2D eigenvalue weighted by Gasteiger charge is 2.16. The van der Waals surface area contributed by atoms with Gasteiger partial charge >= 0.3 is 6.01 Å². The van der Waals surface area contributed by atoms with Crippen molar-refractivity contribution in [1.29, 1.82) is 0 Å². The molecule has 7 nitrogen and oxygen atoms in total. The Morgan fingerprint density at radius 1 is 1.11 bits per heavy atom. The molecule has 0 unspecified atom stereocenters. The molecule has 0 aliphatic heterocycles. The molecule has 0 aliphatic rings. The molecule has 0 atom stereocenters. The Morgan fingerprint density at radius 2 is 1.82 bits per heavy atom. The van der Waals surface area contributed by atoms with Crippen LogP contribution < -0.4 is 16.0 Å². The molecule has 2 heterocycles. The zero-order valence-electron chi connectivity index (χ0n) is 15.3. The molecule has 28 heavy (non-hydrogen) atoms. The van der Waals surface area contributed by atoms with Crippen LogP contribution in [0.5, 0.6) is 11.8 Å². The number of pyridine rings is 1. The normalized spacial score (nSPS) is 10.8. The third-order valence-electron chi connectivity index (χ3n) is 4.00. The summed E-state index contributed by atoms with van der Waals surface area (Å²) in [5, 5.41) is 0.737. The van der Waals surface area contributed by atoms with Crippen LogP contribution in [-0.2, 0) is 7.05 Å². The molecule has 144 valence electrons. The van der Waals surface area contributed by atoms with Gasteiger partial charge in [0.2, 0.25) is 0 Å². The summed E-state index contributed by atoms with van der Waals surface area (Å²) in [4.78, 5) is 32.1. The molecule has 3 aromatic rings. The first kappa shape index (κ1) is 19.9. The fourth-order valence-corrected chi connectivity index (χ4v) is 3.31. The van der Waals surface area contributed by atoms with Gasteiger partial charge in [0, 0.05) is 29.4 Å². The Bertz CT molecular complexity index is 1110. The van der Waals surface area contributed by atoms with Crippen LogP contribution in [0.2, 0.25) is 10.0 Å². The van der Waals surface area contributed by atoms with Gasteiger partial charge in [-0.25, -0.2) is 0 Å². The maximum absolute atomic E-state index is 11.9. The van der Waals surface area contributed by atoms with Crippen molar-refractivity contribution in [2.24, 2.45) is 12.8 Å². The number of ether oxygens (including phenoxy) is 1. The van der Waals surface area contributed by atoms with Crippen molar-refractivity contribution >= 4 is 29.1 Å². The predicted molar refractivity (Wildman–Crippen MR) is 107 cm³/mol. The number of nitrogens with two attached hydrogens (primary N) is 1. The van der Waals surface area contributed by atoms with E-state index in [0.717, 1.165) is 0 Å². The third-order valence-corrected chi connectivity index (χ3v) is 4.50. The van der Waals surface area contributed by atoms with Crippen molar-refractivity contribution in [3.05, 3.63) is 67.7 Å². The number of primary amides is 1. The third kappa shape index (κ3) is 4.00. The monoisotopic (exact) mass is 418 g/mol. The summed E-state index contributed by atoms with van der Waals surface area (Å²) in [6.45, 7) is 3.46. The molecule has 2 N–H and O–H groups in total. The lowest BCUT2D eigenvalue weighted by atomic mass is 10.1. The number of hydrogen-bond acceptors (Lipinski definition) is 5. The van der Waals surface area contributed by atoms with E-state index in [2.05, 4.69) is 9.97 Å². The second-order valence-corrected chi connectivity index (χ2v) is 7.09. The minimum Gasteiger partial charge on any atom is -0.422 e. The number of carbonyl (C=O) groups is 1. The number of carbonyl (C=O) groups excluding carboxylic acids is 1. The standard InChI is InChI=1S/C19H16Cl2N4O3/c1-9-5-12(20)6-13(21)16(9)28-19-23-14(7-15(24-19)17(22)26)11-4-10(2)18(27)25(3)8-11/h4-8H,1-3H3,(H2,22,26). The average Bonchev–Trinajstić information content (AvgIpc) is 2.62. The number of rotatable bonds is 4. The molecule has 1 amide bonds. The Hall–Kier alpha value is -2.90. The van der Waals surface area contributed by atoms with E-state index in [9.17, 15) is 9.59 Å². The van der Waals surface area contributed by atoms with Gasteiger partial charge in [-0.15, -0.1) is 0 Å². The lowest BCUT2D eigenvalue weighted by Crippen LogP contribution is -2.19. The summed E-state index contributed by atoms with van der Waals surface area (Å²) in [5.41, 5.74) is 7.42. The van der Waals surface area contributed by atoms with Gasteiger partial charge in [-0.2, -0.15) is 9.97 Å². The molecule has 0 radical (unpaired) electrons. The SMILES string of the molecule is Cc1cc(Cl)cc(Cl)c1Oc1nc(C(N)=O)cc(-c2cc(C)c(=O)n(C)c2)n1. The molecule has 0 saturated carbocycles. The van der Waals surface area contributed by atoms with Crippen molar-refractivity contribution < 1.29 is 9.53 Å². The molecule has 0 fully saturated rings. The van der Waals surface area contributed by atoms with E-state index in [4.69, 9.17) is 33.7 Å². The maximum Gasteiger partial charge on any atom is 0.323 e. The quantitative estimate of drug-likeness (QED) is 0.696. The van der Waals surface area contributed by atoms with Crippen molar-refractivity contribution in [3.8, 4) is 23.0 Å². The van der Waals surface area contributed by atoms with Crippen LogP contribution in [0, 0.1) is 13.8 Å². The van der Waals surface area contributed by atoms with Gasteiger partial charge in [-0.05, 0) is 43.7 Å². The van der Waals surface area contributed by atoms with E-state index in [1.54, 1.807) is 39.2 Å². The molecule has 1 aromatic carbocycles. The summed E-state index contributed by atoms with van der Waals surface area (Å²) in [6, 6.07) is 6.20. The minimum absolute atomic E-state index is 0.0331. The van der Waals surface area contributed by atoms with Crippen LogP contribution in [0.15, 0.2) is 35.3 Å². The topological polar surface area (TPSA) is 100 Å². The summed E-state index contributed by atoms with van der Waals surface area (Å²) in [5.74, 6) is -0.427. The number of halogens is 2. The molecule has 9 heteroatoms. The first-order chi connectivity index (χ1) is 13.2. The summed E-state index contributed by atoms with van der Waals surface area (Å²) in [7, 11) is 1.63. The highest BCUT2D eigenvalue weighted by Crippen LogP contribution is 2.34. The smallest absolute Gasteiger partial charge is 0.323 e. The van der Waals surface area contributed by atoms with Gasteiger partial charge in [0.05, 0.1) is 10.7 Å². The molecule has 2 aromatic heterocycles. The first-order valence-electron chi connectivity index (χ1n) is 8.15. The fraction of sp³-hybridized carbons (Fsp3) is 0.158. The van der Waals surface area contributed by atoms with Crippen LogP contribution in [0.4, 0.5) is 0 Å². The molecule has 0 aliphatic carbocycles. The predicted octanol–water partition coefficient (Wildman–Crippen LogP) is 3.66. The number of aryl methyl sites for hydroxylation is 3. The van der Waals surface area contributed by atoms with Gasteiger partial charge < -0.3 is 15.0 Å². The van der Waals surface area contributed by atoms with E-state index < -0.39 is 5.91 Å². The first-order valence-corrected chi connectivity index (χ1v) is 8.91. The second kappa shape index (κ2) is 7.61. The van der Waals surface area contributed by atoms with Crippen molar-refractivity contribution in [2.45, 2.75) is 13.8 Å². The lowest BCUT2D eigenvalue weighted by Gasteiger charge is -2.12. The van der Waals surface area contributed by atoms with Crippen LogP contribution in [0.25, 0.3) is 11.3 Å². The van der Waals surface area contributed by atoms with Gasteiger partial charge in [-0.1, -0.05) is 23.2 Å².